The van der Waals surface area contributed by atoms with Crippen molar-refractivity contribution in [2.45, 2.75) is 13.0 Å². The molecule has 1 atom stereocenters. The first kappa shape index (κ1) is 10.6. The van der Waals surface area contributed by atoms with E-state index in [9.17, 15) is 4.39 Å². The van der Waals surface area contributed by atoms with E-state index >= 15 is 0 Å². The van der Waals surface area contributed by atoms with E-state index < -0.39 is 0 Å². The van der Waals surface area contributed by atoms with E-state index in [1.165, 1.54) is 18.6 Å². The first-order valence-electron chi connectivity index (χ1n) is 5.37. The van der Waals surface area contributed by atoms with E-state index in [0.29, 0.717) is 12.5 Å². The average Bonchev–Trinajstić information content (AvgIpc) is 2.71. The third kappa shape index (κ3) is 3.29. The summed E-state index contributed by atoms with van der Waals surface area (Å²) in [5, 5.41) is 3.29. The number of benzene rings is 1. The van der Waals surface area contributed by atoms with Gasteiger partial charge >= 0.3 is 0 Å². The summed E-state index contributed by atoms with van der Waals surface area (Å²) < 4.78 is 18.4. The van der Waals surface area contributed by atoms with E-state index in [1.54, 1.807) is 6.07 Å². The Hall–Kier alpha value is -0.930. The van der Waals surface area contributed by atoms with E-state index in [1.807, 2.05) is 6.07 Å². The molecule has 2 rings (SSSR count). The summed E-state index contributed by atoms with van der Waals surface area (Å²) in [5.74, 6) is 0.428. The van der Waals surface area contributed by atoms with E-state index in [2.05, 4.69) is 5.32 Å². The Kier molecular flexibility index (Phi) is 3.69. The van der Waals surface area contributed by atoms with Gasteiger partial charge in [-0.3, -0.25) is 0 Å². The molecule has 1 fully saturated rings. The summed E-state index contributed by atoms with van der Waals surface area (Å²) >= 11 is 0. The second-order valence-electron chi connectivity index (χ2n) is 4.00. The normalized spacial score (nSPS) is 20.7. The van der Waals surface area contributed by atoms with Crippen molar-refractivity contribution in [2.75, 3.05) is 19.7 Å². The molecule has 82 valence electrons. The summed E-state index contributed by atoms with van der Waals surface area (Å²) in [7, 11) is 0. The van der Waals surface area contributed by atoms with E-state index in [-0.39, 0.29) is 5.82 Å². The van der Waals surface area contributed by atoms with Crippen LogP contribution < -0.4 is 5.32 Å². The molecule has 1 heterocycles. The van der Waals surface area contributed by atoms with Crippen LogP contribution in [0.4, 0.5) is 4.39 Å². The fourth-order valence-electron chi connectivity index (χ4n) is 1.83. The molecule has 2 nitrogen and oxygen atoms in total. The van der Waals surface area contributed by atoms with Crippen LogP contribution in [0.25, 0.3) is 0 Å². The molecule has 0 spiro atoms. The van der Waals surface area contributed by atoms with Gasteiger partial charge in [0.1, 0.15) is 5.82 Å². The van der Waals surface area contributed by atoms with Gasteiger partial charge in [-0.15, -0.1) is 0 Å². The molecule has 0 aliphatic carbocycles. The zero-order valence-corrected chi connectivity index (χ0v) is 8.71. The van der Waals surface area contributed by atoms with Crippen LogP contribution in [0.1, 0.15) is 12.0 Å². The molecule has 1 aliphatic rings. The number of ether oxygens (including phenoxy) is 1. The first-order chi connectivity index (χ1) is 7.34. The fraction of sp³-hybridized carbons (Fsp3) is 0.500. The van der Waals surface area contributed by atoms with Gasteiger partial charge in [-0.25, -0.2) is 4.39 Å². The van der Waals surface area contributed by atoms with Crippen LogP contribution in [0.15, 0.2) is 24.3 Å². The minimum Gasteiger partial charge on any atom is -0.376 e. The standard InChI is InChI=1S/C12H16FNO/c13-12-3-1-2-10(6-12)8-15-9-11-4-5-14-7-11/h1-3,6,11,14H,4-5,7-9H2/t11-/m0/s1. The van der Waals surface area contributed by atoms with E-state index in [4.69, 9.17) is 4.74 Å². The average molecular weight is 209 g/mol. The molecular weight excluding hydrogens is 193 g/mol. The number of hydrogen-bond acceptors (Lipinski definition) is 2. The van der Waals surface area contributed by atoms with Gasteiger partial charge in [-0.1, -0.05) is 12.1 Å². The second-order valence-corrected chi connectivity index (χ2v) is 4.00. The Morgan fingerprint density at radius 2 is 2.40 bits per heavy atom. The molecule has 0 amide bonds. The summed E-state index contributed by atoms with van der Waals surface area (Å²) in [5.41, 5.74) is 0.904. The minimum absolute atomic E-state index is 0.196. The first-order valence-corrected chi connectivity index (χ1v) is 5.37. The summed E-state index contributed by atoms with van der Waals surface area (Å²) in [4.78, 5) is 0. The van der Waals surface area contributed by atoms with Gasteiger partial charge < -0.3 is 10.1 Å². The van der Waals surface area contributed by atoms with Gasteiger partial charge in [0.15, 0.2) is 0 Å². The van der Waals surface area contributed by atoms with Crippen LogP contribution in [0, 0.1) is 11.7 Å². The molecule has 0 saturated carbocycles. The maximum atomic E-state index is 12.8. The van der Waals surface area contributed by atoms with Crippen molar-refractivity contribution >= 4 is 0 Å². The van der Waals surface area contributed by atoms with Crippen molar-refractivity contribution < 1.29 is 9.13 Å². The lowest BCUT2D eigenvalue weighted by Gasteiger charge is -2.09. The molecule has 0 unspecified atom stereocenters. The summed E-state index contributed by atoms with van der Waals surface area (Å²) in [6, 6.07) is 6.57. The third-order valence-electron chi connectivity index (χ3n) is 2.67. The molecule has 0 aromatic heterocycles. The molecule has 0 bridgehead atoms. The molecular formula is C12H16FNO. The predicted octanol–water partition coefficient (Wildman–Crippen LogP) is 1.95. The largest absolute Gasteiger partial charge is 0.376 e. The molecule has 1 aromatic carbocycles. The highest BCUT2D eigenvalue weighted by molar-refractivity contribution is 5.15. The van der Waals surface area contributed by atoms with Crippen molar-refractivity contribution in [1.82, 2.24) is 5.32 Å². The smallest absolute Gasteiger partial charge is 0.123 e. The van der Waals surface area contributed by atoms with Gasteiger partial charge in [0.05, 0.1) is 13.2 Å². The molecule has 1 N–H and O–H groups in total. The second kappa shape index (κ2) is 5.24. The monoisotopic (exact) mass is 209 g/mol. The number of rotatable bonds is 4. The van der Waals surface area contributed by atoms with Crippen molar-refractivity contribution in [3.05, 3.63) is 35.6 Å². The van der Waals surface area contributed by atoms with Gasteiger partial charge in [-0.05, 0) is 36.6 Å². The van der Waals surface area contributed by atoms with E-state index in [0.717, 1.165) is 25.3 Å². The van der Waals surface area contributed by atoms with Crippen LogP contribution >= 0.6 is 0 Å². The van der Waals surface area contributed by atoms with Gasteiger partial charge in [0.2, 0.25) is 0 Å². The van der Waals surface area contributed by atoms with Crippen molar-refractivity contribution in [2.24, 2.45) is 5.92 Å². The minimum atomic E-state index is -0.196. The van der Waals surface area contributed by atoms with Crippen molar-refractivity contribution in [3.8, 4) is 0 Å². The Balaban J connectivity index is 1.73. The number of hydrogen-bond donors (Lipinski definition) is 1. The summed E-state index contributed by atoms with van der Waals surface area (Å²) in [6.07, 6.45) is 1.18. The van der Waals surface area contributed by atoms with Crippen LogP contribution in [0.2, 0.25) is 0 Å². The lowest BCUT2D eigenvalue weighted by atomic mass is 10.1. The molecule has 15 heavy (non-hydrogen) atoms. The predicted molar refractivity (Wildman–Crippen MR) is 57.0 cm³/mol. The quantitative estimate of drug-likeness (QED) is 0.818. The van der Waals surface area contributed by atoms with Crippen molar-refractivity contribution in [1.29, 1.82) is 0 Å². The Morgan fingerprint density at radius 1 is 1.47 bits per heavy atom. The highest BCUT2D eigenvalue weighted by atomic mass is 19.1. The molecule has 1 aromatic rings. The lowest BCUT2D eigenvalue weighted by molar-refractivity contribution is 0.0923. The molecule has 3 heteroatoms. The van der Waals surface area contributed by atoms with Crippen molar-refractivity contribution in [3.63, 3.8) is 0 Å². The van der Waals surface area contributed by atoms with Gasteiger partial charge in [0.25, 0.3) is 0 Å². The SMILES string of the molecule is Fc1cccc(COC[C@H]2CCNC2)c1. The topological polar surface area (TPSA) is 21.3 Å². The molecule has 0 radical (unpaired) electrons. The number of nitrogens with one attached hydrogen (secondary N) is 1. The maximum absolute atomic E-state index is 12.8. The van der Waals surface area contributed by atoms with Gasteiger partial charge in [0, 0.05) is 6.54 Å². The van der Waals surface area contributed by atoms with Crippen LogP contribution in [0.3, 0.4) is 0 Å². The Labute approximate surface area is 89.4 Å². The Bertz CT molecular complexity index is 310. The Morgan fingerprint density at radius 3 is 3.13 bits per heavy atom. The fourth-order valence-corrected chi connectivity index (χ4v) is 1.83. The summed E-state index contributed by atoms with van der Waals surface area (Å²) in [6.45, 7) is 3.41. The highest BCUT2D eigenvalue weighted by Crippen LogP contribution is 2.10. The van der Waals surface area contributed by atoms with Crippen LogP contribution in [0.5, 0.6) is 0 Å². The lowest BCUT2D eigenvalue weighted by Crippen LogP contribution is -2.13. The van der Waals surface area contributed by atoms with Crippen LogP contribution in [-0.4, -0.2) is 19.7 Å². The third-order valence-corrected chi connectivity index (χ3v) is 2.67. The zero-order valence-electron chi connectivity index (χ0n) is 8.71. The zero-order chi connectivity index (χ0) is 10.5. The van der Waals surface area contributed by atoms with Gasteiger partial charge in [-0.2, -0.15) is 0 Å². The number of halogens is 1. The highest BCUT2D eigenvalue weighted by Gasteiger charge is 2.13. The maximum Gasteiger partial charge on any atom is 0.123 e. The van der Waals surface area contributed by atoms with Crippen LogP contribution in [-0.2, 0) is 11.3 Å². The molecule has 1 saturated heterocycles. The molecule has 1 aliphatic heterocycles.